The molecule has 0 atom stereocenters. The number of sulfonamides is 1. The molecule has 0 fully saturated rings. The molecule has 0 unspecified atom stereocenters. The lowest BCUT2D eigenvalue weighted by Gasteiger charge is -2.07. The van der Waals surface area contributed by atoms with Crippen molar-refractivity contribution in [1.82, 2.24) is 0 Å². The molecule has 0 saturated heterocycles. The molecule has 0 aliphatic carbocycles. The molecule has 2 rings (SSSR count). The average molecular weight is 324 g/mol. The molecule has 4 nitrogen and oxygen atoms in total. The molecule has 1 heterocycles. The Labute approximate surface area is 126 Å². The van der Waals surface area contributed by atoms with Gasteiger partial charge in [-0.2, -0.15) is 0 Å². The van der Waals surface area contributed by atoms with E-state index in [-0.39, 0.29) is 22.0 Å². The highest BCUT2D eigenvalue weighted by molar-refractivity contribution is 7.94. The van der Waals surface area contributed by atoms with Crippen LogP contribution >= 0.6 is 11.3 Å². The number of benzene rings is 1. The quantitative estimate of drug-likeness (QED) is 0.851. The zero-order chi connectivity index (χ0) is 15.5. The van der Waals surface area contributed by atoms with Crippen LogP contribution in [0.2, 0.25) is 0 Å². The zero-order valence-electron chi connectivity index (χ0n) is 11.2. The molecular weight excluding hydrogens is 311 g/mol. The first-order valence-electron chi connectivity index (χ1n) is 6.00. The molecule has 1 aromatic heterocycles. The molecule has 3 N–H and O–H groups in total. The number of aryl methyl sites for hydroxylation is 1. The van der Waals surface area contributed by atoms with Crippen molar-refractivity contribution >= 4 is 27.0 Å². The Kier molecular flexibility index (Phi) is 4.63. The number of nitrogens with one attached hydrogen (secondary N) is 1. The summed E-state index contributed by atoms with van der Waals surface area (Å²) < 4.78 is 40.5. The van der Waals surface area contributed by atoms with E-state index in [4.69, 9.17) is 5.73 Å². The van der Waals surface area contributed by atoms with E-state index in [1.807, 2.05) is 6.92 Å². The van der Waals surface area contributed by atoms with Crippen molar-refractivity contribution in [2.45, 2.75) is 11.1 Å². The van der Waals surface area contributed by atoms with Gasteiger partial charge in [-0.15, -0.1) is 11.3 Å². The predicted octanol–water partition coefficient (Wildman–Crippen LogP) is 2.31. The van der Waals surface area contributed by atoms with Crippen molar-refractivity contribution in [3.63, 3.8) is 0 Å². The van der Waals surface area contributed by atoms with Crippen LogP contribution in [-0.4, -0.2) is 15.0 Å². The lowest BCUT2D eigenvalue weighted by Crippen LogP contribution is -2.11. The summed E-state index contributed by atoms with van der Waals surface area (Å²) in [6.07, 6.45) is 0. The smallest absolute Gasteiger partial charge is 0.271 e. The number of nitrogens with two attached hydrogens (primary N) is 1. The summed E-state index contributed by atoms with van der Waals surface area (Å²) in [6.45, 7) is 1.92. The van der Waals surface area contributed by atoms with Crippen LogP contribution in [0.1, 0.15) is 10.4 Å². The molecule has 0 aliphatic heterocycles. The van der Waals surface area contributed by atoms with Crippen molar-refractivity contribution < 1.29 is 12.8 Å². The van der Waals surface area contributed by atoms with Gasteiger partial charge in [0.1, 0.15) is 10.0 Å². The maximum Gasteiger partial charge on any atom is 0.271 e. The highest BCUT2D eigenvalue weighted by Crippen LogP contribution is 2.24. The van der Waals surface area contributed by atoms with E-state index in [1.54, 1.807) is 6.07 Å². The topological polar surface area (TPSA) is 72.2 Å². The summed E-state index contributed by atoms with van der Waals surface area (Å²) in [5.74, 6) is 4.57. The van der Waals surface area contributed by atoms with Crippen LogP contribution in [0.25, 0.3) is 0 Å². The molecule has 0 saturated carbocycles. The van der Waals surface area contributed by atoms with Gasteiger partial charge in [0.15, 0.2) is 0 Å². The van der Waals surface area contributed by atoms with Crippen LogP contribution in [0.5, 0.6) is 0 Å². The fraction of sp³-hybridized carbons (Fsp3) is 0.143. The van der Waals surface area contributed by atoms with Gasteiger partial charge in [0.25, 0.3) is 10.0 Å². The van der Waals surface area contributed by atoms with Gasteiger partial charge in [-0.05, 0) is 37.3 Å². The summed E-state index contributed by atoms with van der Waals surface area (Å²) >= 11 is 1.17. The average Bonchev–Trinajstić information content (AvgIpc) is 2.86. The lowest BCUT2D eigenvalue weighted by atomic mass is 10.2. The fourth-order valence-electron chi connectivity index (χ4n) is 1.59. The van der Waals surface area contributed by atoms with Crippen molar-refractivity contribution in [3.05, 3.63) is 46.6 Å². The van der Waals surface area contributed by atoms with Crippen LogP contribution in [0.3, 0.4) is 0 Å². The number of hydrogen-bond donors (Lipinski definition) is 2. The Morgan fingerprint density at radius 2 is 2.10 bits per heavy atom. The minimum atomic E-state index is -3.67. The van der Waals surface area contributed by atoms with Crippen LogP contribution in [0, 0.1) is 24.6 Å². The summed E-state index contributed by atoms with van der Waals surface area (Å²) in [5.41, 5.74) is 5.59. The number of anilines is 1. The molecule has 0 radical (unpaired) electrons. The van der Waals surface area contributed by atoms with E-state index >= 15 is 0 Å². The molecule has 2 aromatic rings. The molecule has 7 heteroatoms. The first-order valence-corrected chi connectivity index (χ1v) is 8.30. The maximum atomic E-state index is 13.5. The lowest BCUT2D eigenvalue weighted by molar-refractivity contribution is 0.603. The summed E-state index contributed by atoms with van der Waals surface area (Å²) in [5, 5.41) is 0. The minimum absolute atomic E-state index is 0.100. The van der Waals surface area contributed by atoms with Gasteiger partial charge >= 0.3 is 0 Å². The summed E-state index contributed by atoms with van der Waals surface area (Å²) in [7, 11) is -3.67. The first-order chi connectivity index (χ1) is 9.92. The van der Waals surface area contributed by atoms with Crippen molar-refractivity contribution in [2.24, 2.45) is 5.73 Å². The highest BCUT2D eigenvalue weighted by Gasteiger charge is 2.16. The molecule has 0 bridgehead atoms. The van der Waals surface area contributed by atoms with Crippen LogP contribution in [0.15, 0.2) is 34.5 Å². The second kappa shape index (κ2) is 6.26. The van der Waals surface area contributed by atoms with Gasteiger partial charge in [0, 0.05) is 4.88 Å². The third-order valence-electron chi connectivity index (χ3n) is 2.52. The monoisotopic (exact) mass is 324 g/mol. The van der Waals surface area contributed by atoms with E-state index in [0.717, 1.165) is 10.9 Å². The number of hydrogen-bond acceptors (Lipinski definition) is 4. The largest absolute Gasteiger partial charge is 0.320 e. The Morgan fingerprint density at radius 1 is 1.33 bits per heavy atom. The second-order valence-corrected chi connectivity index (χ2v) is 7.37. The van der Waals surface area contributed by atoms with E-state index in [1.165, 1.54) is 29.5 Å². The van der Waals surface area contributed by atoms with E-state index in [2.05, 4.69) is 16.6 Å². The van der Waals surface area contributed by atoms with Gasteiger partial charge in [-0.25, -0.2) is 12.8 Å². The standard InChI is InChI=1S/C14H13FN2O2S2/c1-10-4-7-14(20-10)21(18,19)17-12-5-6-13(15)11(9-12)3-2-8-16/h4-7,9,17H,8,16H2,1H3. The Morgan fingerprint density at radius 3 is 2.71 bits per heavy atom. The summed E-state index contributed by atoms with van der Waals surface area (Å²) in [4.78, 5) is 0.893. The van der Waals surface area contributed by atoms with Crippen molar-refractivity contribution in [3.8, 4) is 11.8 Å². The highest BCUT2D eigenvalue weighted by atomic mass is 32.2. The molecule has 0 spiro atoms. The maximum absolute atomic E-state index is 13.5. The fourth-order valence-corrected chi connectivity index (χ4v) is 3.93. The van der Waals surface area contributed by atoms with Crippen molar-refractivity contribution in [2.75, 3.05) is 11.3 Å². The third kappa shape index (κ3) is 3.82. The van der Waals surface area contributed by atoms with Crippen LogP contribution in [-0.2, 0) is 10.0 Å². The molecule has 1 aromatic carbocycles. The first kappa shape index (κ1) is 15.5. The normalized spacial score (nSPS) is 10.8. The van der Waals surface area contributed by atoms with Crippen LogP contribution in [0.4, 0.5) is 10.1 Å². The van der Waals surface area contributed by atoms with Gasteiger partial charge < -0.3 is 5.73 Å². The second-order valence-electron chi connectivity index (χ2n) is 4.17. The molecule has 21 heavy (non-hydrogen) atoms. The Hall–Kier alpha value is -1.88. The molecule has 0 amide bonds. The Balaban J connectivity index is 2.31. The molecule has 110 valence electrons. The predicted molar refractivity (Wildman–Crippen MR) is 82.2 cm³/mol. The summed E-state index contributed by atoms with van der Waals surface area (Å²) in [6, 6.07) is 7.11. The van der Waals surface area contributed by atoms with Gasteiger partial charge in [0.05, 0.1) is 17.8 Å². The molecular formula is C14H13FN2O2S2. The van der Waals surface area contributed by atoms with E-state index in [0.29, 0.717) is 0 Å². The minimum Gasteiger partial charge on any atom is -0.320 e. The third-order valence-corrected chi connectivity index (χ3v) is 5.40. The van der Waals surface area contributed by atoms with Gasteiger partial charge in [-0.3, -0.25) is 4.72 Å². The van der Waals surface area contributed by atoms with Gasteiger partial charge in [0.2, 0.25) is 0 Å². The number of rotatable bonds is 3. The Bertz CT molecular complexity index is 817. The van der Waals surface area contributed by atoms with E-state index in [9.17, 15) is 12.8 Å². The molecule has 0 aliphatic rings. The van der Waals surface area contributed by atoms with Crippen LogP contribution < -0.4 is 10.5 Å². The van der Waals surface area contributed by atoms with Gasteiger partial charge in [-0.1, -0.05) is 11.8 Å². The van der Waals surface area contributed by atoms with E-state index < -0.39 is 15.8 Å². The number of halogens is 1. The SMILES string of the molecule is Cc1ccc(S(=O)(=O)Nc2ccc(F)c(C#CCN)c2)s1. The van der Waals surface area contributed by atoms with Crippen molar-refractivity contribution in [1.29, 1.82) is 0 Å². The zero-order valence-corrected chi connectivity index (χ0v) is 12.8. The number of thiophene rings is 1.